The molecule has 0 radical (unpaired) electrons. The predicted octanol–water partition coefficient (Wildman–Crippen LogP) is 2.36. The number of amides is 1. The number of nitrogens with two attached hydrogens (primary N) is 1. The maximum atomic E-state index is 11.7. The first kappa shape index (κ1) is 16.6. The van der Waals surface area contributed by atoms with Gasteiger partial charge in [0.05, 0.1) is 12.6 Å². The van der Waals surface area contributed by atoms with Gasteiger partial charge in [0.2, 0.25) is 5.91 Å². The van der Waals surface area contributed by atoms with E-state index in [-0.39, 0.29) is 18.0 Å². The smallest absolute Gasteiger partial charge is 0.234 e. The van der Waals surface area contributed by atoms with Crippen LogP contribution < -0.4 is 11.1 Å². The Kier molecular flexibility index (Phi) is 6.99. The molecule has 0 spiro atoms. The van der Waals surface area contributed by atoms with E-state index >= 15 is 0 Å². The monoisotopic (exact) mass is 347 g/mol. The molecule has 2 atom stereocenters. The highest BCUT2D eigenvalue weighted by molar-refractivity contribution is 9.10. The Hall–Kier alpha value is -0.430. The van der Waals surface area contributed by atoms with Gasteiger partial charge >= 0.3 is 0 Å². The van der Waals surface area contributed by atoms with Crippen molar-refractivity contribution in [1.82, 2.24) is 10.2 Å². The Morgan fingerprint density at radius 1 is 1.58 bits per heavy atom. The van der Waals surface area contributed by atoms with E-state index in [0.717, 1.165) is 10.9 Å². The van der Waals surface area contributed by atoms with Crippen LogP contribution >= 0.6 is 27.3 Å². The number of rotatable bonds is 7. The predicted molar refractivity (Wildman–Crippen MR) is 84.3 cm³/mol. The molecule has 0 saturated carbocycles. The molecule has 1 aromatic rings. The minimum atomic E-state index is 0.0185. The Balaban J connectivity index is 2.82. The Labute approximate surface area is 127 Å². The van der Waals surface area contributed by atoms with Crippen molar-refractivity contribution in [1.29, 1.82) is 0 Å². The van der Waals surface area contributed by atoms with Gasteiger partial charge in [-0.15, -0.1) is 11.3 Å². The molecule has 0 saturated heterocycles. The number of hydrogen-bond acceptors (Lipinski definition) is 4. The molecule has 1 rings (SSSR count). The van der Waals surface area contributed by atoms with Gasteiger partial charge in [-0.2, -0.15) is 0 Å². The van der Waals surface area contributed by atoms with E-state index in [1.165, 1.54) is 4.88 Å². The second-order valence-corrected chi connectivity index (χ2v) is 6.41. The molecule has 108 valence electrons. The van der Waals surface area contributed by atoms with Crippen molar-refractivity contribution in [2.75, 3.05) is 20.1 Å². The molecular weight excluding hydrogens is 326 g/mol. The van der Waals surface area contributed by atoms with Crippen LogP contribution in [0.3, 0.4) is 0 Å². The fraction of sp³-hybridized carbons (Fsp3) is 0.615. The fourth-order valence-corrected chi connectivity index (χ4v) is 3.72. The SMILES string of the molecule is CCNC(=O)CN(C)C(c1cc(Br)cs1)C(N)CC. The standard InChI is InChI=1S/C13H22BrN3OS/c1-4-10(15)13(11-6-9(14)8-19-11)17(3)7-12(18)16-5-2/h6,8,10,13H,4-5,7,15H2,1-3H3,(H,16,18). The summed E-state index contributed by atoms with van der Waals surface area (Å²) >= 11 is 5.14. The number of nitrogens with one attached hydrogen (secondary N) is 1. The summed E-state index contributed by atoms with van der Waals surface area (Å²) in [5.74, 6) is 0.0360. The molecule has 0 bridgehead atoms. The molecule has 3 N–H and O–H groups in total. The number of nitrogens with zero attached hydrogens (tertiary/aromatic N) is 1. The van der Waals surface area contributed by atoms with Gasteiger partial charge in [-0.25, -0.2) is 0 Å². The summed E-state index contributed by atoms with van der Waals surface area (Å²) in [6.07, 6.45) is 0.875. The van der Waals surface area contributed by atoms with Gasteiger partial charge < -0.3 is 11.1 Å². The first-order valence-corrected chi connectivity index (χ1v) is 8.13. The largest absolute Gasteiger partial charge is 0.355 e. The van der Waals surface area contributed by atoms with Crippen LogP contribution in [0.1, 0.15) is 31.2 Å². The van der Waals surface area contributed by atoms with Crippen molar-refractivity contribution in [2.24, 2.45) is 5.73 Å². The molecule has 0 aliphatic carbocycles. The van der Waals surface area contributed by atoms with Gasteiger partial charge in [0, 0.05) is 27.3 Å². The highest BCUT2D eigenvalue weighted by Gasteiger charge is 2.25. The van der Waals surface area contributed by atoms with Crippen LogP contribution in [0, 0.1) is 0 Å². The minimum absolute atomic E-state index is 0.0185. The van der Waals surface area contributed by atoms with Crippen LogP contribution in [0.25, 0.3) is 0 Å². The topological polar surface area (TPSA) is 58.4 Å². The van der Waals surface area contributed by atoms with Crippen LogP contribution in [0.5, 0.6) is 0 Å². The number of carbonyl (C=O) groups excluding carboxylic acids is 1. The van der Waals surface area contributed by atoms with Gasteiger partial charge in [0.1, 0.15) is 0 Å². The minimum Gasteiger partial charge on any atom is -0.355 e. The zero-order valence-corrected chi connectivity index (χ0v) is 14.1. The summed E-state index contributed by atoms with van der Waals surface area (Å²) in [7, 11) is 1.95. The first-order chi connectivity index (χ1) is 8.99. The molecule has 0 fully saturated rings. The molecular formula is C13H22BrN3OS. The summed E-state index contributed by atoms with van der Waals surface area (Å²) in [5.41, 5.74) is 6.23. The Morgan fingerprint density at radius 2 is 2.26 bits per heavy atom. The highest BCUT2D eigenvalue weighted by atomic mass is 79.9. The molecule has 0 aromatic carbocycles. The second kappa shape index (κ2) is 7.99. The molecule has 6 heteroatoms. The number of halogens is 1. The Morgan fingerprint density at radius 3 is 2.74 bits per heavy atom. The van der Waals surface area contributed by atoms with Crippen molar-refractivity contribution in [3.63, 3.8) is 0 Å². The van der Waals surface area contributed by atoms with E-state index in [0.29, 0.717) is 13.1 Å². The van der Waals surface area contributed by atoms with Gasteiger partial charge in [0.15, 0.2) is 0 Å². The molecule has 1 heterocycles. The number of hydrogen-bond donors (Lipinski definition) is 2. The molecule has 4 nitrogen and oxygen atoms in total. The average Bonchev–Trinajstić information content (AvgIpc) is 2.75. The third kappa shape index (κ3) is 4.87. The first-order valence-electron chi connectivity index (χ1n) is 6.46. The molecule has 1 aromatic heterocycles. The summed E-state index contributed by atoms with van der Waals surface area (Å²) < 4.78 is 1.06. The van der Waals surface area contributed by atoms with E-state index < -0.39 is 0 Å². The lowest BCUT2D eigenvalue weighted by molar-refractivity contribution is -0.122. The average molecular weight is 348 g/mol. The van der Waals surface area contributed by atoms with Crippen LogP contribution in [0.4, 0.5) is 0 Å². The van der Waals surface area contributed by atoms with E-state index in [1.807, 2.05) is 24.3 Å². The lowest BCUT2D eigenvalue weighted by Gasteiger charge is -2.31. The summed E-state index contributed by atoms with van der Waals surface area (Å²) in [6, 6.07) is 2.17. The van der Waals surface area contributed by atoms with Gasteiger partial charge in [-0.1, -0.05) is 6.92 Å². The highest BCUT2D eigenvalue weighted by Crippen LogP contribution is 2.31. The van der Waals surface area contributed by atoms with Crippen LogP contribution in [-0.2, 0) is 4.79 Å². The van der Waals surface area contributed by atoms with E-state index in [2.05, 4.69) is 34.2 Å². The number of carbonyl (C=O) groups is 1. The molecule has 2 unspecified atom stereocenters. The van der Waals surface area contributed by atoms with E-state index in [4.69, 9.17) is 5.73 Å². The lowest BCUT2D eigenvalue weighted by Crippen LogP contribution is -2.43. The van der Waals surface area contributed by atoms with Crippen LogP contribution in [0.15, 0.2) is 15.9 Å². The van der Waals surface area contributed by atoms with Crippen molar-refractivity contribution >= 4 is 33.2 Å². The van der Waals surface area contributed by atoms with Crippen LogP contribution in [-0.4, -0.2) is 37.0 Å². The molecule has 19 heavy (non-hydrogen) atoms. The quantitative estimate of drug-likeness (QED) is 0.795. The van der Waals surface area contributed by atoms with Crippen molar-refractivity contribution in [2.45, 2.75) is 32.4 Å². The lowest BCUT2D eigenvalue weighted by atomic mass is 10.0. The molecule has 0 aliphatic heterocycles. The van der Waals surface area contributed by atoms with Gasteiger partial charge in [-0.05, 0) is 42.4 Å². The van der Waals surface area contributed by atoms with Gasteiger partial charge in [-0.3, -0.25) is 9.69 Å². The maximum Gasteiger partial charge on any atom is 0.234 e. The third-order valence-electron chi connectivity index (χ3n) is 3.00. The number of likely N-dealkylation sites (N-methyl/N-ethyl adjacent to an activating group) is 2. The van der Waals surface area contributed by atoms with Crippen molar-refractivity contribution < 1.29 is 4.79 Å². The van der Waals surface area contributed by atoms with E-state index in [9.17, 15) is 4.79 Å². The summed E-state index contributed by atoms with van der Waals surface area (Å²) in [5, 5.41) is 4.86. The van der Waals surface area contributed by atoms with Crippen molar-refractivity contribution in [3.05, 3.63) is 20.8 Å². The molecule has 1 amide bonds. The van der Waals surface area contributed by atoms with Gasteiger partial charge in [0.25, 0.3) is 0 Å². The zero-order chi connectivity index (χ0) is 14.4. The number of thiophene rings is 1. The fourth-order valence-electron chi connectivity index (χ4n) is 2.04. The van der Waals surface area contributed by atoms with Crippen molar-refractivity contribution in [3.8, 4) is 0 Å². The van der Waals surface area contributed by atoms with Crippen LogP contribution in [0.2, 0.25) is 0 Å². The maximum absolute atomic E-state index is 11.7. The summed E-state index contributed by atoms with van der Waals surface area (Å²) in [4.78, 5) is 14.9. The normalized spacial score (nSPS) is 14.4. The van der Waals surface area contributed by atoms with E-state index in [1.54, 1.807) is 11.3 Å². The second-order valence-electron chi connectivity index (χ2n) is 4.55. The third-order valence-corrected chi connectivity index (χ3v) is 4.76. The zero-order valence-electron chi connectivity index (χ0n) is 11.6. The molecule has 0 aliphatic rings. The summed E-state index contributed by atoms with van der Waals surface area (Å²) in [6.45, 7) is 5.01. The Bertz CT molecular complexity index is 410.